The van der Waals surface area contributed by atoms with E-state index >= 15 is 0 Å². The molecule has 2 amide bonds. The molecular formula is C24H30N4O4. The molecule has 1 aliphatic carbocycles. The minimum Gasteiger partial charge on any atom is -0.483 e. The van der Waals surface area contributed by atoms with E-state index in [1.54, 1.807) is 11.8 Å². The molecule has 1 atom stereocenters. The lowest BCUT2D eigenvalue weighted by Crippen LogP contribution is -2.43. The summed E-state index contributed by atoms with van der Waals surface area (Å²) in [6, 6.07) is 4.62. The predicted octanol–water partition coefficient (Wildman–Crippen LogP) is 2.81. The van der Waals surface area contributed by atoms with Gasteiger partial charge < -0.3 is 19.3 Å². The summed E-state index contributed by atoms with van der Waals surface area (Å²) in [7, 11) is 0. The van der Waals surface area contributed by atoms with Crippen LogP contribution in [0.25, 0.3) is 11.1 Å². The molecule has 3 heterocycles. The van der Waals surface area contributed by atoms with E-state index in [2.05, 4.69) is 18.2 Å². The molecule has 8 nitrogen and oxygen atoms in total. The van der Waals surface area contributed by atoms with Crippen molar-refractivity contribution in [1.29, 1.82) is 0 Å². The van der Waals surface area contributed by atoms with Gasteiger partial charge in [-0.2, -0.15) is 5.10 Å². The first-order valence-electron chi connectivity index (χ1n) is 11.5. The fraction of sp³-hybridized carbons (Fsp3) is 0.542. The summed E-state index contributed by atoms with van der Waals surface area (Å²) in [5.41, 5.74) is 3.76. The summed E-state index contributed by atoms with van der Waals surface area (Å²) in [6.45, 7) is 5.93. The Labute approximate surface area is 188 Å². The maximum Gasteiger partial charge on any atom is 0.260 e. The quantitative estimate of drug-likeness (QED) is 0.718. The molecule has 3 aliphatic rings. The lowest BCUT2D eigenvalue weighted by atomic mass is 9.92. The van der Waals surface area contributed by atoms with E-state index < -0.39 is 0 Å². The second-order valence-corrected chi connectivity index (χ2v) is 8.94. The summed E-state index contributed by atoms with van der Waals surface area (Å²) < 4.78 is 13.6. The summed E-state index contributed by atoms with van der Waals surface area (Å²) in [5, 5.41) is 4.54. The average molecular weight is 439 g/mol. The molecule has 1 aromatic carbocycles. The van der Waals surface area contributed by atoms with Crippen molar-refractivity contribution < 1.29 is 19.1 Å². The highest BCUT2D eigenvalue weighted by atomic mass is 16.5. The maximum atomic E-state index is 12.8. The van der Waals surface area contributed by atoms with Crippen LogP contribution in [0.15, 0.2) is 24.5 Å². The number of rotatable bonds is 5. The Morgan fingerprint density at radius 1 is 1.19 bits per heavy atom. The Morgan fingerprint density at radius 2 is 1.97 bits per heavy atom. The van der Waals surface area contributed by atoms with Gasteiger partial charge in [0.15, 0.2) is 6.61 Å². The minimum atomic E-state index is -0.0434. The summed E-state index contributed by atoms with van der Waals surface area (Å²) in [4.78, 5) is 28.8. The van der Waals surface area contributed by atoms with Crippen LogP contribution in [-0.2, 0) is 20.7 Å². The summed E-state index contributed by atoms with van der Waals surface area (Å²) >= 11 is 0. The summed E-state index contributed by atoms with van der Waals surface area (Å²) in [5.74, 6) is 0.666. The van der Waals surface area contributed by atoms with E-state index in [1.807, 2.05) is 27.9 Å². The molecule has 8 heteroatoms. The molecule has 2 fully saturated rings. The molecule has 5 rings (SSSR count). The molecule has 170 valence electrons. The van der Waals surface area contributed by atoms with Gasteiger partial charge in [-0.3, -0.25) is 14.3 Å². The van der Waals surface area contributed by atoms with Crippen LogP contribution >= 0.6 is 0 Å². The second kappa shape index (κ2) is 8.58. The standard InChI is InChI=1S/C24H30N4O4/c1-16-3-6-21-22(28(16)17(2)29)8-7-20(18-13-25-27(14-18)19-4-5-19)24(21)32-15-23(30)26-9-11-31-12-10-26/h7-8,13-14,16,19H,3-6,9-12,15H2,1-2H3/t16-/m0/s1. The number of carbonyl (C=O) groups excluding carboxylic acids is 2. The molecular weight excluding hydrogens is 408 g/mol. The normalized spacial score (nSPS) is 20.8. The topological polar surface area (TPSA) is 76.9 Å². The van der Waals surface area contributed by atoms with Crippen molar-refractivity contribution in [2.24, 2.45) is 0 Å². The number of ether oxygens (including phenoxy) is 2. The zero-order valence-corrected chi connectivity index (χ0v) is 18.7. The highest BCUT2D eigenvalue weighted by Gasteiger charge is 2.31. The van der Waals surface area contributed by atoms with E-state index in [4.69, 9.17) is 9.47 Å². The highest BCUT2D eigenvalue weighted by Crippen LogP contribution is 2.44. The molecule has 0 radical (unpaired) electrons. The monoisotopic (exact) mass is 438 g/mol. The Bertz CT molecular complexity index is 1020. The van der Waals surface area contributed by atoms with Crippen molar-refractivity contribution in [2.75, 3.05) is 37.8 Å². The van der Waals surface area contributed by atoms with Crippen molar-refractivity contribution in [2.45, 2.75) is 51.6 Å². The number of hydrogen-bond acceptors (Lipinski definition) is 5. The number of carbonyl (C=O) groups is 2. The number of benzene rings is 1. The molecule has 2 aliphatic heterocycles. The molecule has 0 unspecified atom stereocenters. The van der Waals surface area contributed by atoms with Crippen LogP contribution < -0.4 is 9.64 Å². The Balaban J connectivity index is 1.49. The van der Waals surface area contributed by atoms with Gasteiger partial charge in [0.25, 0.3) is 5.91 Å². The van der Waals surface area contributed by atoms with Gasteiger partial charge in [-0.05, 0) is 44.7 Å². The molecule has 0 N–H and O–H groups in total. The third-order valence-corrected chi connectivity index (χ3v) is 6.62. The first-order valence-corrected chi connectivity index (χ1v) is 11.5. The molecule has 2 aromatic rings. The Morgan fingerprint density at radius 3 is 2.69 bits per heavy atom. The third-order valence-electron chi connectivity index (χ3n) is 6.62. The molecule has 1 saturated carbocycles. The van der Waals surface area contributed by atoms with Gasteiger partial charge in [0, 0.05) is 48.9 Å². The van der Waals surface area contributed by atoms with Crippen molar-refractivity contribution in [1.82, 2.24) is 14.7 Å². The number of morpholine rings is 1. The van der Waals surface area contributed by atoms with E-state index in [1.165, 1.54) is 0 Å². The minimum absolute atomic E-state index is 0.0168. The van der Waals surface area contributed by atoms with Crippen LogP contribution in [0.3, 0.4) is 0 Å². The number of amides is 2. The number of aromatic nitrogens is 2. The second-order valence-electron chi connectivity index (χ2n) is 8.94. The van der Waals surface area contributed by atoms with E-state index in [9.17, 15) is 9.59 Å². The molecule has 0 spiro atoms. The Kier molecular flexibility index (Phi) is 5.63. The van der Waals surface area contributed by atoms with Gasteiger partial charge in [0.1, 0.15) is 5.75 Å². The molecule has 0 bridgehead atoms. The van der Waals surface area contributed by atoms with Crippen LogP contribution in [-0.4, -0.2) is 65.4 Å². The van der Waals surface area contributed by atoms with Crippen molar-refractivity contribution in [3.05, 3.63) is 30.1 Å². The predicted molar refractivity (Wildman–Crippen MR) is 120 cm³/mol. The Hall–Kier alpha value is -2.87. The van der Waals surface area contributed by atoms with E-state index in [0.717, 1.165) is 48.1 Å². The number of hydrogen-bond donors (Lipinski definition) is 0. The molecule has 1 aromatic heterocycles. The van der Waals surface area contributed by atoms with Crippen LogP contribution in [0, 0.1) is 0 Å². The van der Waals surface area contributed by atoms with Crippen LogP contribution in [0.5, 0.6) is 5.75 Å². The molecule has 32 heavy (non-hydrogen) atoms. The third kappa shape index (κ3) is 3.99. The molecule has 1 saturated heterocycles. The number of anilines is 1. The van der Waals surface area contributed by atoms with Gasteiger partial charge in [0.2, 0.25) is 5.91 Å². The zero-order chi connectivity index (χ0) is 22.2. The van der Waals surface area contributed by atoms with Crippen LogP contribution in [0.2, 0.25) is 0 Å². The van der Waals surface area contributed by atoms with Gasteiger partial charge in [0.05, 0.1) is 31.1 Å². The SMILES string of the molecule is CC(=O)N1c2ccc(-c3cnn(C4CC4)c3)c(OCC(=O)N3CCOCC3)c2CC[C@@H]1C. The lowest BCUT2D eigenvalue weighted by Gasteiger charge is -2.36. The first kappa shape index (κ1) is 21.0. The van der Waals surface area contributed by atoms with Crippen molar-refractivity contribution >= 4 is 17.5 Å². The van der Waals surface area contributed by atoms with Gasteiger partial charge in [-0.1, -0.05) is 0 Å². The van der Waals surface area contributed by atoms with Crippen molar-refractivity contribution in [3.8, 4) is 16.9 Å². The lowest BCUT2D eigenvalue weighted by molar-refractivity contribution is -0.137. The highest BCUT2D eigenvalue weighted by molar-refractivity contribution is 5.95. The van der Waals surface area contributed by atoms with Crippen molar-refractivity contribution in [3.63, 3.8) is 0 Å². The van der Waals surface area contributed by atoms with Crippen LogP contribution in [0.1, 0.15) is 44.7 Å². The number of nitrogens with zero attached hydrogens (tertiary/aromatic N) is 4. The smallest absolute Gasteiger partial charge is 0.260 e. The first-order chi connectivity index (χ1) is 15.5. The van der Waals surface area contributed by atoms with E-state index in [-0.39, 0.29) is 24.5 Å². The maximum absolute atomic E-state index is 12.8. The summed E-state index contributed by atoms with van der Waals surface area (Å²) in [6.07, 6.45) is 7.90. The number of fused-ring (bicyclic) bond motifs is 1. The van der Waals surface area contributed by atoms with Crippen LogP contribution in [0.4, 0.5) is 5.69 Å². The zero-order valence-electron chi connectivity index (χ0n) is 18.7. The fourth-order valence-electron chi connectivity index (χ4n) is 4.73. The fourth-order valence-corrected chi connectivity index (χ4v) is 4.73. The largest absolute Gasteiger partial charge is 0.483 e. The van der Waals surface area contributed by atoms with Gasteiger partial charge in [-0.15, -0.1) is 0 Å². The van der Waals surface area contributed by atoms with E-state index in [0.29, 0.717) is 38.1 Å². The average Bonchev–Trinajstić information content (AvgIpc) is 3.54. The van der Waals surface area contributed by atoms with Gasteiger partial charge in [-0.25, -0.2) is 0 Å². The van der Waals surface area contributed by atoms with Gasteiger partial charge >= 0.3 is 0 Å².